The fraction of sp³-hybridized carbons (Fsp3) is 0.483. The van der Waals surface area contributed by atoms with Crippen molar-refractivity contribution in [1.29, 1.82) is 0 Å². The summed E-state index contributed by atoms with van der Waals surface area (Å²) in [6, 6.07) is 12.9. The first kappa shape index (κ1) is 27.9. The van der Waals surface area contributed by atoms with Crippen LogP contribution < -0.4 is 4.74 Å². The lowest BCUT2D eigenvalue weighted by atomic mass is 9.98. The molecular formula is C29H36ClN3O5. The number of ether oxygens (including phenoxy) is 1. The van der Waals surface area contributed by atoms with Gasteiger partial charge in [0.1, 0.15) is 18.9 Å². The van der Waals surface area contributed by atoms with Gasteiger partial charge in [-0.15, -0.1) is 0 Å². The van der Waals surface area contributed by atoms with Crippen LogP contribution in [0, 0.1) is 12.8 Å². The first-order valence-corrected chi connectivity index (χ1v) is 13.6. The van der Waals surface area contributed by atoms with Crippen molar-refractivity contribution in [3.05, 3.63) is 64.2 Å². The molecule has 2 aromatic carbocycles. The fourth-order valence-electron chi connectivity index (χ4n) is 5.48. The molecular weight excluding hydrogens is 506 g/mol. The van der Waals surface area contributed by atoms with Crippen molar-refractivity contribution in [2.45, 2.75) is 51.6 Å². The van der Waals surface area contributed by atoms with Crippen LogP contribution in [0.4, 0.5) is 4.79 Å². The number of carboxylic acids is 1. The van der Waals surface area contributed by atoms with Crippen LogP contribution in [0.3, 0.4) is 0 Å². The normalized spacial score (nSPS) is 17.1. The van der Waals surface area contributed by atoms with Gasteiger partial charge in [-0.25, -0.2) is 4.79 Å². The molecule has 4 rings (SSSR count). The number of carbonyl (C=O) groups is 3. The van der Waals surface area contributed by atoms with Crippen molar-refractivity contribution in [2.75, 3.05) is 33.3 Å². The molecule has 1 heterocycles. The molecule has 1 aliphatic carbocycles. The molecule has 38 heavy (non-hydrogen) atoms. The van der Waals surface area contributed by atoms with Crippen molar-refractivity contribution in [2.24, 2.45) is 5.92 Å². The van der Waals surface area contributed by atoms with Gasteiger partial charge in [-0.1, -0.05) is 48.7 Å². The number of carboxylic acid groups (broad SMARTS) is 1. The second kappa shape index (κ2) is 12.6. The molecule has 0 bridgehead atoms. The van der Waals surface area contributed by atoms with E-state index in [2.05, 4.69) is 11.0 Å². The highest BCUT2D eigenvalue weighted by Crippen LogP contribution is 2.33. The predicted octanol–water partition coefficient (Wildman–Crippen LogP) is 5.13. The number of hydrogen-bond acceptors (Lipinski definition) is 5. The average molecular weight is 542 g/mol. The second-order valence-electron chi connectivity index (χ2n) is 10.4. The predicted molar refractivity (Wildman–Crippen MR) is 145 cm³/mol. The zero-order valence-corrected chi connectivity index (χ0v) is 22.8. The molecule has 204 valence electrons. The Morgan fingerprint density at radius 2 is 1.87 bits per heavy atom. The minimum atomic E-state index is -0.831. The highest BCUT2D eigenvalue weighted by Gasteiger charge is 2.33. The lowest BCUT2D eigenvalue weighted by molar-refractivity contribution is -0.138. The third kappa shape index (κ3) is 7.05. The molecule has 1 N–H and O–H groups in total. The van der Waals surface area contributed by atoms with Crippen LogP contribution in [0.5, 0.6) is 5.75 Å². The zero-order chi connectivity index (χ0) is 27.2. The highest BCUT2D eigenvalue weighted by atomic mass is 35.5. The van der Waals surface area contributed by atoms with Crippen LogP contribution in [-0.4, -0.2) is 71.0 Å². The third-order valence-corrected chi connectivity index (χ3v) is 7.71. The van der Waals surface area contributed by atoms with Crippen LogP contribution in [-0.2, 0) is 16.1 Å². The molecule has 1 atom stereocenters. The van der Waals surface area contributed by atoms with E-state index < -0.39 is 5.97 Å². The summed E-state index contributed by atoms with van der Waals surface area (Å²) < 4.78 is 5.91. The molecule has 1 saturated carbocycles. The summed E-state index contributed by atoms with van der Waals surface area (Å²) in [4.78, 5) is 40.8. The molecule has 2 aliphatic rings. The van der Waals surface area contributed by atoms with Crippen molar-refractivity contribution >= 4 is 29.5 Å². The second-order valence-corrected chi connectivity index (χ2v) is 10.8. The van der Waals surface area contributed by atoms with Crippen LogP contribution in [0.2, 0.25) is 5.02 Å². The van der Waals surface area contributed by atoms with Gasteiger partial charge in [0.25, 0.3) is 0 Å². The Labute approximate surface area is 229 Å². The molecule has 3 amide bonds. The van der Waals surface area contributed by atoms with E-state index in [1.807, 2.05) is 43.3 Å². The summed E-state index contributed by atoms with van der Waals surface area (Å²) in [7, 11) is 1.61. The maximum Gasteiger partial charge on any atom is 0.327 e. The lowest BCUT2D eigenvalue weighted by Crippen LogP contribution is -2.35. The van der Waals surface area contributed by atoms with E-state index in [-0.39, 0.29) is 44.1 Å². The quantitative estimate of drug-likeness (QED) is 0.375. The number of aliphatic carboxylic acids is 1. The Morgan fingerprint density at radius 3 is 2.47 bits per heavy atom. The molecule has 9 heteroatoms. The molecule has 0 radical (unpaired) electrons. The fourth-order valence-corrected chi connectivity index (χ4v) is 5.60. The van der Waals surface area contributed by atoms with Gasteiger partial charge in [-0.2, -0.15) is 0 Å². The van der Waals surface area contributed by atoms with E-state index in [0.717, 1.165) is 23.2 Å². The van der Waals surface area contributed by atoms with Crippen LogP contribution >= 0.6 is 11.6 Å². The number of nitrogens with zero attached hydrogens (tertiary/aromatic N) is 3. The maximum absolute atomic E-state index is 12.1. The highest BCUT2D eigenvalue weighted by molar-refractivity contribution is 6.30. The molecule has 1 aliphatic heterocycles. The monoisotopic (exact) mass is 541 g/mol. The van der Waals surface area contributed by atoms with Gasteiger partial charge < -0.3 is 14.7 Å². The first-order chi connectivity index (χ1) is 18.2. The largest absolute Gasteiger partial charge is 0.491 e. The summed E-state index contributed by atoms with van der Waals surface area (Å²) >= 11 is 6.12. The molecule has 1 saturated heterocycles. The van der Waals surface area contributed by atoms with E-state index in [4.69, 9.17) is 16.3 Å². The number of amides is 3. The Morgan fingerprint density at radius 1 is 1.16 bits per heavy atom. The lowest BCUT2D eigenvalue weighted by Gasteiger charge is -2.33. The van der Waals surface area contributed by atoms with Crippen molar-refractivity contribution in [3.8, 4) is 5.75 Å². The van der Waals surface area contributed by atoms with Crippen LogP contribution in [0.25, 0.3) is 0 Å². The molecule has 2 fully saturated rings. The average Bonchev–Trinajstić information content (AvgIpc) is 3.47. The minimum Gasteiger partial charge on any atom is -0.491 e. The third-order valence-electron chi connectivity index (χ3n) is 7.46. The minimum absolute atomic E-state index is 0.0116. The number of benzene rings is 2. The van der Waals surface area contributed by atoms with Gasteiger partial charge in [-0.05, 0) is 60.6 Å². The topological polar surface area (TPSA) is 90.4 Å². The number of aryl methyl sites for hydroxylation is 1. The van der Waals surface area contributed by atoms with Crippen molar-refractivity contribution in [1.82, 2.24) is 14.7 Å². The number of rotatable bonds is 12. The van der Waals surface area contributed by atoms with E-state index in [1.54, 1.807) is 7.05 Å². The summed E-state index contributed by atoms with van der Waals surface area (Å²) in [5.41, 5.74) is 2.97. The Balaban J connectivity index is 1.47. The van der Waals surface area contributed by atoms with Crippen LogP contribution in [0.1, 0.15) is 54.8 Å². The summed E-state index contributed by atoms with van der Waals surface area (Å²) in [6.07, 6.45) is 4.79. The number of urea groups is 1. The molecule has 0 spiro atoms. The van der Waals surface area contributed by atoms with E-state index in [9.17, 15) is 19.5 Å². The smallest absolute Gasteiger partial charge is 0.327 e. The van der Waals surface area contributed by atoms with E-state index >= 15 is 0 Å². The number of imide groups is 1. The Kier molecular flexibility index (Phi) is 9.28. The maximum atomic E-state index is 12.1. The molecule has 0 aromatic heterocycles. The summed E-state index contributed by atoms with van der Waals surface area (Å²) in [5, 5.41) is 10.4. The molecule has 8 nitrogen and oxygen atoms in total. The van der Waals surface area contributed by atoms with Crippen molar-refractivity contribution < 1.29 is 24.2 Å². The summed E-state index contributed by atoms with van der Waals surface area (Å²) in [6.45, 7) is 3.94. The number of carbonyl (C=O) groups excluding carboxylic acids is 2. The summed E-state index contributed by atoms with van der Waals surface area (Å²) in [5.74, 6) is 0.204. The van der Waals surface area contributed by atoms with Gasteiger partial charge in [0, 0.05) is 31.2 Å². The molecule has 2 aromatic rings. The SMILES string of the molecule is Cc1cc(CN(CC2CCCC2)[C@@H](CC(=O)O)c2ccc(Cl)cc2)ccc1OCCN1C(=O)CN(C)C1=O. The van der Waals surface area contributed by atoms with Gasteiger partial charge >= 0.3 is 12.0 Å². The van der Waals surface area contributed by atoms with Gasteiger partial charge in [0.2, 0.25) is 5.91 Å². The Bertz CT molecular complexity index is 1150. The van der Waals surface area contributed by atoms with Gasteiger partial charge in [-0.3, -0.25) is 19.4 Å². The van der Waals surface area contributed by atoms with Gasteiger partial charge in [0.05, 0.1) is 13.0 Å². The zero-order valence-electron chi connectivity index (χ0n) is 22.1. The van der Waals surface area contributed by atoms with Gasteiger partial charge in [0.15, 0.2) is 0 Å². The standard InChI is InChI=1S/C29H36ClN3O5/c1-20-15-22(7-12-26(20)38-14-13-33-27(34)19-31(2)29(33)37)18-32(17-21-5-3-4-6-21)25(16-28(35)36)23-8-10-24(30)11-9-23/h7-12,15,21,25H,3-6,13-14,16-19H2,1-2H3,(H,35,36)/t25-/m0/s1. The van der Waals surface area contributed by atoms with Crippen molar-refractivity contribution in [3.63, 3.8) is 0 Å². The first-order valence-electron chi connectivity index (χ1n) is 13.2. The molecule has 0 unspecified atom stereocenters. The number of hydrogen-bond donors (Lipinski definition) is 1. The van der Waals surface area contributed by atoms with Crippen LogP contribution in [0.15, 0.2) is 42.5 Å². The number of halogens is 1. The Hall–Kier alpha value is -3.10. The number of likely N-dealkylation sites (N-methyl/N-ethyl adjacent to an activating group) is 1. The van der Waals surface area contributed by atoms with E-state index in [1.165, 1.54) is 35.5 Å². The van der Waals surface area contributed by atoms with E-state index in [0.29, 0.717) is 23.2 Å².